The quantitative estimate of drug-likeness (QED) is 0.635. The standard InChI is InChI=1S/C14H15N3OS/c1-10-13(12(18)6-8-17(2)3)19-14(16-10)11-5-4-7-15-9-11/h4-9H,1-3H3. The monoisotopic (exact) mass is 273 g/mol. The molecule has 0 aliphatic heterocycles. The molecule has 98 valence electrons. The normalized spacial score (nSPS) is 10.9. The van der Waals surface area contributed by atoms with Crippen molar-refractivity contribution in [3.8, 4) is 10.6 Å². The van der Waals surface area contributed by atoms with Crippen molar-refractivity contribution in [3.05, 3.63) is 47.4 Å². The van der Waals surface area contributed by atoms with Gasteiger partial charge in [-0.25, -0.2) is 4.98 Å². The summed E-state index contributed by atoms with van der Waals surface area (Å²) < 4.78 is 0. The van der Waals surface area contributed by atoms with E-state index >= 15 is 0 Å². The van der Waals surface area contributed by atoms with E-state index in [1.54, 1.807) is 24.7 Å². The lowest BCUT2D eigenvalue weighted by Gasteiger charge is -2.01. The fraction of sp³-hybridized carbons (Fsp3) is 0.214. The molecule has 0 fully saturated rings. The fourth-order valence-electron chi connectivity index (χ4n) is 1.53. The van der Waals surface area contributed by atoms with Crippen molar-refractivity contribution >= 4 is 17.1 Å². The van der Waals surface area contributed by atoms with Gasteiger partial charge in [-0.3, -0.25) is 9.78 Å². The Balaban J connectivity index is 2.29. The molecule has 2 heterocycles. The van der Waals surface area contributed by atoms with E-state index in [-0.39, 0.29) is 5.78 Å². The summed E-state index contributed by atoms with van der Waals surface area (Å²) in [4.78, 5) is 23.1. The van der Waals surface area contributed by atoms with Crippen LogP contribution in [0, 0.1) is 6.92 Å². The number of rotatable bonds is 4. The number of hydrogen-bond donors (Lipinski definition) is 0. The van der Waals surface area contributed by atoms with E-state index in [1.165, 1.54) is 11.3 Å². The molecule has 5 heteroatoms. The van der Waals surface area contributed by atoms with Gasteiger partial charge < -0.3 is 4.90 Å². The van der Waals surface area contributed by atoms with Gasteiger partial charge in [0.1, 0.15) is 5.01 Å². The van der Waals surface area contributed by atoms with Crippen molar-refractivity contribution in [1.82, 2.24) is 14.9 Å². The van der Waals surface area contributed by atoms with E-state index in [4.69, 9.17) is 0 Å². The molecule has 0 saturated heterocycles. The molecule has 0 aromatic carbocycles. The molecule has 19 heavy (non-hydrogen) atoms. The topological polar surface area (TPSA) is 46.1 Å². The number of ketones is 1. The third-order valence-corrected chi connectivity index (χ3v) is 3.67. The lowest BCUT2D eigenvalue weighted by molar-refractivity contribution is 0.104. The predicted molar refractivity (Wildman–Crippen MR) is 77.2 cm³/mol. The third-order valence-electron chi connectivity index (χ3n) is 2.45. The Morgan fingerprint density at radius 2 is 2.21 bits per heavy atom. The summed E-state index contributed by atoms with van der Waals surface area (Å²) >= 11 is 1.40. The molecule has 2 rings (SSSR count). The van der Waals surface area contributed by atoms with Crippen molar-refractivity contribution in [1.29, 1.82) is 0 Å². The van der Waals surface area contributed by atoms with E-state index in [1.807, 2.05) is 38.1 Å². The third kappa shape index (κ3) is 3.26. The largest absolute Gasteiger partial charge is 0.383 e. The molecule has 0 amide bonds. The number of carbonyl (C=O) groups excluding carboxylic acids is 1. The van der Waals surface area contributed by atoms with Crippen LogP contribution >= 0.6 is 11.3 Å². The van der Waals surface area contributed by atoms with Gasteiger partial charge in [-0.05, 0) is 19.1 Å². The second kappa shape index (κ2) is 5.75. The maximum Gasteiger partial charge on any atom is 0.199 e. The van der Waals surface area contributed by atoms with Gasteiger partial charge in [-0.2, -0.15) is 0 Å². The molecular formula is C14H15N3OS. The van der Waals surface area contributed by atoms with E-state index in [0.29, 0.717) is 4.88 Å². The number of hydrogen-bond acceptors (Lipinski definition) is 5. The zero-order chi connectivity index (χ0) is 13.8. The number of aromatic nitrogens is 2. The van der Waals surface area contributed by atoms with Crippen LogP contribution in [0.3, 0.4) is 0 Å². The van der Waals surface area contributed by atoms with Gasteiger partial charge in [0, 0.05) is 44.3 Å². The molecule has 0 radical (unpaired) electrons. The molecule has 0 bridgehead atoms. The zero-order valence-corrected chi connectivity index (χ0v) is 11.9. The minimum Gasteiger partial charge on any atom is -0.383 e. The Hall–Kier alpha value is -2.01. The maximum absolute atomic E-state index is 12.1. The Morgan fingerprint density at radius 3 is 2.84 bits per heavy atom. The summed E-state index contributed by atoms with van der Waals surface area (Å²) in [6, 6.07) is 3.80. The minimum atomic E-state index is -0.0150. The summed E-state index contributed by atoms with van der Waals surface area (Å²) in [7, 11) is 3.76. The lowest BCUT2D eigenvalue weighted by Crippen LogP contribution is -2.02. The molecular weight excluding hydrogens is 258 g/mol. The molecule has 0 spiro atoms. The van der Waals surface area contributed by atoms with E-state index in [2.05, 4.69) is 9.97 Å². The van der Waals surface area contributed by atoms with Crippen LogP contribution in [0.25, 0.3) is 10.6 Å². The number of carbonyl (C=O) groups is 1. The van der Waals surface area contributed by atoms with Crippen LogP contribution < -0.4 is 0 Å². The highest BCUT2D eigenvalue weighted by Gasteiger charge is 2.14. The van der Waals surface area contributed by atoms with Crippen molar-refractivity contribution in [2.24, 2.45) is 0 Å². The number of thiazole rings is 1. The van der Waals surface area contributed by atoms with Gasteiger partial charge in [0.15, 0.2) is 5.78 Å². The lowest BCUT2D eigenvalue weighted by atomic mass is 10.2. The van der Waals surface area contributed by atoms with Crippen LogP contribution in [-0.4, -0.2) is 34.7 Å². The number of nitrogens with zero attached hydrogens (tertiary/aromatic N) is 3. The summed E-state index contributed by atoms with van der Waals surface area (Å²) in [6.45, 7) is 1.85. The molecule has 2 aromatic rings. The molecule has 0 aliphatic rings. The SMILES string of the molecule is Cc1nc(-c2cccnc2)sc1C(=O)C=CN(C)C. The van der Waals surface area contributed by atoms with Crippen molar-refractivity contribution in [2.75, 3.05) is 14.1 Å². The van der Waals surface area contributed by atoms with Gasteiger partial charge in [-0.15, -0.1) is 11.3 Å². The first-order valence-electron chi connectivity index (χ1n) is 5.84. The number of pyridine rings is 1. The van der Waals surface area contributed by atoms with Crippen LogP contribution in [0.5, 0.6) is 0 Å². The molecule has 0 saturated carbocycles. The summed E-state index contributed by atoms with van der Waals surface area (Å²) in [5.74, 6) is -0.0150. The first kappa shape index (κ1) is 13.4. The van der Waals surface area contributed by atoms with Crippen LogP contribution in [0.1, 0.15) is 15.4 Å². The molecule has 0 atom stereocenters. The van der Waals surface area contributed by atoms with Crippen LogP contribution in [0.15, 0.2) is 36.8 Å². The van der Waals surface area contributed by atoms with Gasteiger partial charge in [-0.1, -0.05) is 0 Å². The molecule has 0 aliphatic carbocycles. The zero-order valence-electron chi connectivity index (χ0n) is 11.1. The summed E-state index contributed by atoms with van der Waals surface area (Å²) in [6.07, 6.45) is 6.77. The first-order valence-corrected chi connectivity index (χ1v) is 6.66. The Morgan fingerprint density at radius 1 is 1.42 bits per heavy atom. The number of allylic oxidation sites excluding steroid dienone is 1. The Kier molecular flexibility index (Phi) is 4.06. The van der Waals surface area contributed by atoms with Crippen molar-refractivity contribution in [3.63, 3.8) is 0 Å². The number of aryl methyl sites for hydroxylation is 1. The predicted octanol–water partition coefficient (Wildman–Crippen LogP) is 2.77. The van der Waals surface area contributed by atoms with Gasteiger partial charge in [0.2, 0.25) is 0 Å². The molecule has 0 N–H and O–H groups in total. The van der Waals surface area contributed by atoms with Crippen molar-refractivity contribution < 1.29 is 4.79 Å². The molecule has 0 unspecified atom stereocenters. The average Bonchev–Trinajstić information content (AvgIpc) is 2.79. The van der Waals surface area contributed by atoms with Gasteiger partial charge in [0.05, 0.1) is 10.6 Å². The van der Waals surface area contributed by atoms with E-state index in [9.17, 15) is 4.79 Å². The summed E-state index contributed by atoms with van der Waals surface area (Å²) in [5.41, 5.74) is 1.70. The van der Waals surface area contributed by atoms with E-state index in [0.717, 1.165) is 16.3 Å². The van der Waals surface area contributed by atoms with E-state index < -0.39 is 0 Å². The molecule has 4 nitrogen and oxygen atoms in total. The van der Waals surface area contributed by atoms with Gasteiger partial charge in [0.25, 0.3) is 0 Å². The molecule has 2 aromatic heterocycles. The van der Waals surface area contributed by atoms with Crippen LogP contribution in [-0.2, 0) is 0 Å². The Bertz CT molecular complexity index is 602. The maximum atomic E-state index is 12.1. The summed E-state index contributed by atoms with van der Waals surface area (Å²) in [5, 5.41) is 0.826. The highest BCUT2D eigenvalue weighted by Crippen LogP contribution is 2.27. The first-order chi connectivity index (χ1) is 9.08. The van der Waals surface area contributed by atoms with Crippen LogP contribution in [0.2, 0.25) is 0 Å². The fourth-order valence-corrected chi connectivity index (χ4v) is 2.51. The van der Waals surface area contributed by atoms with Gasteiger partial charge >= 0.3 is 0 Å². The van der Waals surface area contributed by atoms with Crippen LogP contribution in [0.4, 0.5) is 0 Å². The second-order valence-corrected chi connectivity index (χ2v) is 5.32. The average molecular weight is 273 g/mol. The minimum absolute atomic E-state index is 0.0150. The smallest absolute Gasteiger partial charge is 0.199 e. The van der Waals surface area contributed by atoms with Crippen molar-refractivity contribution in [2.45, 2.75) is 6.92 Å². The highest BCUT2D eigenvalue weighted by molar-refractivity contribution is 7.17. The second-order valence-electron chi connectivity index (χ2n) is 4.32. The highest BCUT2D eigenvalue weighted by atomic mass is 32.1. The Labute approximate surface area is 116 Å².